The van der Waals surface area contributed by atoms with E-state index in [2.05, 4.69) is 34.7 Å². The lowest BCUT2D eigenvalue weighted by Gasteiger charge is -2.38. The molecular formula is C12H24BrNO. The number of hydrogen-bond donors (Lipinski definition) is 1. The number of piperidine rings is 1. The smallest absolute Gasteiger partial charge is 0.0564 e. The van der Waals surface area contributed by atoms with Crippen molar-refractivity contribution in [3.8, 4) is 0 Å². The van der Waals surface area contributed by atoms with Gasteiger partial charge in [0.05, 0.1) is 6.10 Å². The Morgan fingerprint density at radius 2 is 1.80 bits per heavy atom. The zero-order chi connectivity index (χ0) is 11.3. The zero-order valence-corrected chi connectivity index (χ0v) is 11.6. The monoisotopic (exact) mass is 277 g/mol. The predicted molar refractivity (Wildman–Crippen MR) is 68.5 cm³/mol. The summed E-state index contributed by atoms with van der Waals surface area (Å²) in [4.78, 5) is 2.51. The molecule has 0 spiro atoms. The molecule has 15 heavy (non-hydrogen) atoms. The van der Waals surface area contributed by atoms with Crippen LogP contribution in [0.4, 0.5) is 0 Å². The number of nitrogens with zero attached hydrogens (tertiary/aromatic N) is 1. The molecule has 0 saturated carbocycles. The maximum atomic E-state index is 9.46. The first kappa shape index (κ1) is 13.5. The van der Waals surface area contributed by atoms with Crippen LogP contribution in [0.15, 0.2) is 0 Å². The van der Waals surface area contributed by atoms with Crippen LogP contribution in [0.3, 0.4) is 0 Å². The summed E-state index contributed by atoms with van der Waals surface area (Å²) >= 11 is 3.66. The summed E-state index contributed by atoms with van der Waals surface area (Å²) in [6, 6.07) is 0. The van der Waals surface area contributed by atoms with Gasteiger partial charge in [-0.25, -0.2) is 0 Å². The molecule has 0 aromatic rings. The van der Waals surface area contributed by atoms with Gasteiger partial charge in [-0.05, 0) is 31.1 Å². The van der Waals surface area contributed by atoms with Gasteiger partial charge < -0.3 is 10.0 Å². The van der Waals surface area contributed by atoms with Gasteiger partial charge in [-0.1, -0.05) is 29.8 Å². The molecule has 0 amide bonds. The van der Waals surface area contributed by atoms with Gasteiger partial charge in [0.2, 0.25) is 0 Å². The molecular weight excluding hydrogens is 254 g/mol. The molecule has 2 nitrogen and oxygen atoms in total. The normalized spacial score (nSPS) is 20.8. The topological polar surface area (TPSA) is 23.5 Å². The van der Waals surface area contributed by atoms with Gasteiger partial charge in [-0.15, -0.1) is 0 Å². The molecule has 0 aliphatic carbocycles. The first-order valence-corrected chi connectivity index (χ1v) is 7.24. The van der Waals surface area contributed by atoms with Gasteiger partial charge in [0.15, 0.2) is 0 Å². The molecule has 90 valence electrons. The second-order valence-electron chi connectivity index (χ2n) is 4.85. The lowest BCUT2D eigenvalue weighted by Crippen LogP contribution is -2.43. The third-order valence-electron chi connectivity index (χ3n) is 3.90. The van der Waals surface area contributed by atoms with Crippen molar-refractivity contribution in [1.82, 2.24) is 4.90 Å². The van der Waals surface area contributed by atoms with Crippen molar-refractivity contribution in [3.05, 3.63) is 0 Å². The molecule has 1 aliphatic heterocycles. The largest absolute Gasteiger partial charge is 0.393 e. The van der Waals surface area contributed by atoms with Crippen LogP contribution in [0.1, 0.15) is 39.5 Å². The first-order valence-electron chi connectivity index (χ1n) is 6.12. The third-order valence-corrected chi connectivity index (χ3v) is 5.09. The summed E-state index contributed by atoms with van der Waals surface area (Å²) in [7, 11) is 0. The van der Waals surface area contributed by atoms with Crippen molar-refractivity contribution in [2.75, 3.05) is 25.0 Å². The quantitative estimate of drug-likeness (QED) is 0.781. The molecule has 1 rings (SSSR count). The second kappa shape index (κ2) is 6.21. The van der Waals surface area contributed by atoms with Crippen molar-refractivity contribution >= 4 is 15.9 Å². The Morgan fingerprint density at radius 1 is 1.27 bits per heavy atom. The van der Waals surface area contributed by atoms with Crippen LogP contribution < -0.4 is 0 Å². The van der Waals surface area contributed by atoms with Gasteiger partial charge in [0.25, 0.3) is 0 Å². The van der Waals surface area contributed by atoms with Crippen molar-refractivity contribution in [1.29, 1.82) is 0 Å². The maximum absolute atomic E-state index is 9.46. The molecule has 0 atom stereocenters. The predicted octanol–water partition coefficient (Wildman–Crippen LogP) is 2.64. The van der Waals surface area contributed by atoms with E-state index in [1.54, 1.807) is 0 Å². The molecule has 1 aliphatic rings. The molecule has 0 radical (unpaired) electrons. The van der Waals surface area contributed by atoms with E-state index >= 15 is 0 Å². The highest BCUT2D eigenvalue weighted by Crippen LogP contribution is 2.30. The SMILES string of the molecule is CCC(CC)(CBr)CN1CCC(O)CC1. The summed E-state index contributed by atoms with van der Waals surface area (Å²) < 4.78 is 0. The fourth-order valence-corrected chi connectivity index (χ4v) is 3.23. The first-order chi connectivity index (χ1) is 7.15. The number of halogens is 1. The van der Waals surface area contributed by atoms with Crippen LogP contribution in [-0.2, 0) is 0 Å². The van der Waals surface area contributed by atoms with Crippen LogP contribution in [0.25, 0.3) is 0 Å². The van der Waals surface area contributed by atoms with E-state index < -0.39 is 0 Å². The van der Waals surface area contributed by atoms with E-state index in [4.69, 9.17) is 0 Å². The van der Waals surface area contributed by atoms with Crippen molar-refractivity contribution < 1.29 is 5.11 Å². The van der Waals surface area contributed by atoms with Gasteiger partial charge in [-0.2, -0.15) is 0 Å². The Morgan fingerprint density at radius 3 is 2.20 bits per heavy atom. The highest BCUT2D eigenvalue weighted by Gasteiger charge is 2.29. The number of aliphatic hydroxyl groups excluding tert-OH is 1. The summed E-state index contributed by atoms with van der Waals surface area (Å²) in [6.07, 6.45) is 4.31. The van der Waals surface area contributed by atoms with E-state index in [1.807, 2.05) is 0 Å². The minimum Gasteiger partial charge on any atom is -0.393 e. The standard InChI is InChI=1S/C12H24BrNO/c1-3-12(4-2,9-13)10-14-7-5-11(15)6-8-14/h11,15H,3-10H2,1-2H3. The number of aliphatic hydroxyl groups is 1. The van der Waals surface area contributed by atoms with E-state index in [1.165, 1.54) is 19.4 Å². The Hall–Kier alpha value is 0.400. The van der Waals surface area contributed by atoms with Crippen LogP contribution in [-0.4, -0.2) is 41.1 Å². The average Bonchev–Trinajstić information content (AvgIpc) is 2.29. The van der Waals surface area contributed by atoms with E-state index in [9.17, 15) is 5.11 Å². The molecule has 3 heteroatoms. The Labute approximate surface area is 102 Å². The fraction of sp³-hybridized carbons (Fsp3) is 1.00. The summed E-state index contributed by atoms with van der Waals surface area (Å²) in [5.41, 5.74) is 0.433. The van der Waals surface area contributed by atoms with Crippen LogP contribution in [0, 0.1) is 5.41 Å². The molecule has 1 heterocycles. The molecule has 1 N–H and O–H groups in total. The van der Waals surface area contributed by atoms with E-state index in [0.29, 0.717) is 5.41 Å². The highest BCUT2D eigenvalue weighted by atomic mass is 79.9. The Balaban J connectivity index is 2.44. The summed E-state index contributed by atoms with van der Waals surface area (Å²) in [5, 5.41) is 10.6. The van der Waals surface area contributed by atoms with Gasteiger partial charge in [-0.3, -0.25) is 0 Å². The van der Waals surface area contributed by atoms with Crippen molar-refractivity contribution in [2.45, 2.75) is 45.6 Å². The van der Waals surface area contributed by atoms with Gasteiger partial charge in [0.1, 0.15) is 0 Å². The molecule has 1 fully saturated rings. The maximum Gasteiger partial charge on any atom is 0.0564 e. The van der Waals surface area contributed by atoms with E-state index in [-0.39, 0.29) is 6.10 Å². The summed E-state index contributed by atoms with van der Waals surface area (Å²) in [6.45, 7) is 7.87. The molecule has 1 saturated heterocycles. The van der Waals surface area contributed by atoms with E-state index in [0.717, 1.165) is 31.3 Å². The zero-order valence-electron chi connectivity index (χ0n) is 10.0. The molecule has 0 aromatic heterocycles. The fourth-order valence-electron chi connectivity index (χ4n) is 2.26. The number of hydrogen-bond acceptors (Lipinski definition) is 2. The van der Waals surface area contributed by atoms with Gasteiger partial charge in [0, 0.05) is 25.0 Å². The number of alkyl halides is 1. The lowest BCUT2D eigenvalue weighted by atomic mass is 9.83. The minimum absolute atomic E-state index is 0.0529. The lowest BCUT2D eigenvalue weighted by molar-refractivity contribution is 0.0591. The third kappa shape index (κ3) is 3.72. The van der Waals surface area contributed by atoms with Crippen molar-refractivity contribution in [2.24, 2.45) is 5.41 Å². The van der Waals surface area contributed by atoms with Crippen molar-refractivity contribution in [3.63, 3.8) is 0 Å². The number of likely N-dealkylation sites (tertiary alicyclic amines) is 1. The number of rotatable bonds is 5. The molecule has 0 bridgehead atoms. The second-order valence-corrected chi connectivity index (χ2v) is 5.41. The van der Waals surface area contributed by atoms with Crippen LogP contribution in [0.5, 0.6) is 0 Å². The highest BCUT2D eigenvalue weighted by molar-refractivity contribution is 9.09. The van der Waals surface area contributed by atoms with Gasteiger partial charge >= 0.3 is 0 Å². The minimum atomic E-state index is -0.0529. The Bertz CT molecular complexity index is 166. The molecule has 0 unspecified atom stereocenters. The summed E-state index contributed by atoms with van der Waals surface area (Å²) in [5.74, 6) is 0. The Kier molecular flexibility index (Phi) is 5.58. The van der Waals surface area contributed by atoms with Crippen LogP contribution >= 0.6 is 15.9 Å². The van der Waals surface area contributed by atoms with Crippen LogP contribution in [0.2, 0.25) is 0 Å². The molecule has 0 aromatic carbocycles. The average molecular weight is 278 g/mol.